The maximum Gasteiger partial charge on any atom is 0.242 e. The van der Waals surface area contributed by atoms with Gasteiger partial charge in [0, 0.05) is 10.7 Å². The van der Waals surface area contributed by atoms with Crippen LogP contribution < -0.4 is 14.8 Å². The van der Waals surface area contributed by atoms with Gasteiger partial charge >= 0.3 is 0 Å². The number of nitrogens with one attached hydrogen (secondary N) is 3. The molecule has 2 aromatic carbocycles. The van der Waals surface area contributed by atoms with E-state index < -0.39 is 32.0 Å². The lowest BCUT2D eigenvalue weighted by Crippen LogP contribution is -2.41. The molecule has 1 atom stereocenters. The van der Waals surface area contributed by atoms with Crippen LogP contribution in [0.5, 0.6) is 0 Å². The molecule has 3 N–H and O–H groups in total. The zero-order valence-corrected chi connectivity index (χ0v) is 17.7. The third-order valence-electron chi connectivity index (χ3n) is 3.65. The molecule has 11 heteroatoms. The molecule has 0 radical (unpaired) electrons. The van der Waals surface area contributed by atoms with Crippen LogP contribution in [0.25, 0.3) is 0 Å². The second-order valence-electron chi connectivity index (χ2n) is 6.19. The number of carbonyl (C=O) groups is 1. The topological polar surface area (TPSA) is 121 Å². The van der Waals surface area contributed by atoms with Crippen LogP contribution in [-0.2, 0) is 24.8 Å². The molecular formula is C17H20ClN3O5S2. The van der Waals surface area contributed by atoms with Gasteiger partial charge in [0.2, 0.25) is 26.0 Å². The van der Waals surface area contributed by atoms with Gasteiger partial charge in [-0.3, -0.25) is 9.52 Å². The predicted molar refractivity (Wildman–Crippen MR) is 110 cm³/mol. The number of amides is 1. The summed E-state index contributed by atoms with van der Waals surface area (Å²) in [5, 5.41) is 2.95. The number of halogens is 1. The number of hydrogen-bond donors (Lipinski definition) is 3. The lowest BCUT2D eigenvalue weighted by atomic mass is 10.2. The first kappa shape index (κ1) is 22.2. The number of carbonyl (C=O) groups excluding carboxylic acids is 1. The van der Waals surface area contributed by atoms with Crippen molar-refractivity contribution < 1.29 is 21.6 Å². The highest BCUT2D eigenvalue weighted by Gasteiger charge is 2.22. The van der Waals surface area contributed by atoms with Crippen molar-refractivity contribution >= 4 is 48.9 Å². The monoisotopic (exact) mass is 445 g/mol. The standard InChI is InChI=1S/C17H20ClN3O5S2/c1-11-4-7-14(10-16(11)21-27(3,23)24)19-17(22)12(2)20-28(25,26)15-8-5-13(18)6-9-15/h4-10,12,20-21H,1-3H3,(H,19,22)/t12-/m0/s1. The normalized spacial score (nSPS) is 13.0. The summed E-state index contributed by atoms with van der Waals surface area (Å²) in [4.78, 5) is 12.3. The van der Waals surface area contributed by atoms with E-state index in [1.54, 1.807) is 19.1 Å². The molecule has 2 aromatic rings. The minimum absolute atomic E-state index is 0.0217. The maximum atomic E-state index is 12.4. The second-order valence-corrected chi connectivity index (χ2v) is 10.1. The number of benzene rings is 2. The fraction of sp³-hybridized carbons (Fsp3) is 0.235. The minimum Gasteiger partial charge on any atom is -0.325 e. The molecule has 0 aliphatic rings. The Morgan fingerprint density at radius 3 is 2.21 bits per heavy atom. The molecule has 1 amide bonds. The number of aryl methyl sites for hydroxylation is 1. The van der Waals surface area contributed by atoms with E-state index in [1.807, 2.05) is 0 Å². The van der Waals surface area contributed by atoms with Crippen molar-refractivity contribution in [3.63, 3.8) is 0 Å². The van der Waals surface area contributed by atoms with Gasteiger partial charge in [0.25, 0.3) is 0 Å². The van der Waals surface area contributed by atoms with Crippen LogP contribution in [0.15, 0.2) is 47.4 Å². The molecule has 0 aliphatic heterocycles. The third kappa shape index (κ3) is 6.20. The van der Waals surface area contributed by atoms with Crippen LogP contribution in [-0.4, -0.2) is 35.0 Å². The van der Waals surface area contributed by atoms with E-state index in [4.69, 9.17) is 11.6 Å². The van der Waals surface area contributed by atoms with Crippen LogP contribution in [0.3, 0.4) is 0 Å². The van der Waals surface area contributed by atoms with Crippen LogP contribution in [0.4, 0.5) is 11.4 Å². The van der Waals surface area contributed by atoms with Crippen LogP contribution >= 0.6 is 11.6 Å². The average Bonchev–Trinajstić information content (AvgIpc) is 2.56. The van der Waals surface area contributed by atoms with E-state index in [0.29, 0.717) is 22.0 Å². The van der Waals surface area contributed by atoms with E-state index in [1.165, 1.54) is 37.3 Å². The molecule has 28 heavy (non-hydrogen) atoms. The molecule has 0 heterocycles. The van der Waals surface area contributed by atoms with Crippen molar-refractivity contribution in [3.8, 4) is 0 Å². The maximum absolute atomic E-state index is 12.4. The molecule has 152 valence electrons. The smallest absolute Gasteiger partial charge is 0.242 e. The Balaban J connectivity index is 2.12. The van der Waals surface area contributed by atoms with Gasteiger partial charge in [-0.1, -0.05) is 17.7 Å². The van der Waals surface area contributed by atoms with Gasteiger partial charge in [-0.25, -0.2) is 16.8 Å². The number of sulfonamides is 2. The van der Waals surface area contributed by atoms with Crippen molar-refractivity contribution in [1.82, 2.24) is 4.72 Å². The van der Waals surface area contributed by atoms with Gasteiger partial charge in [0.1, 0.15) is 0 Å². The Kier molecular flexibility index (Phi) is 6.71. The molecule has 0 aliphatic carbocycles. The fourth-order valence-electron chi connectivity index (χ4n) is 2.23. The molecule has 0 bridgehead atoms. The highest BCUT2D eigenvalue weighted by Crippen LogP contribution is 2.21. The second kappa shape index (κ2) is 8.48. The zero-order valence-electron chi connectivity index (χ0n) is 15.4. The summed E-state index contributed by atoms with van der Waals surface area (Å²) in [5.41, 5.74) is 1.30. The minimum atomic E-state index is -3.91. The SMILES string of the molecule is Cc1ccc(NC(=O)[C@H](C)NS(=O)(=O)c2ccc(Cl)cc2)cc1NS(C)(=O)=O. The first-order valence-electron chi connectivity index (χ1n) is 8.04. The quantitative estimate of drug-likeness (QED) is 0.603. The van der Waals surface area contributed by atoms with E-state index in [0.717, 1.165) is 6.26 Å². The fourth-order valence-corrected chi connectivity index (χ4v) is 4.18. The average molecular weight is 446 g/mol. The van der Waals surface area contributed by atoms with Gasteiger partial charge < -0.3 is 5.32 Å². The highest BCUT2D eigenvalue weighted by molar-refractivity contribution is 7.92. The van der Waals surface area contributed by atoms with Gasteiger partial charge in [0.15, 0.2) is 0 Å². The summed E-state index contributed by atoms with van der Waals surface area (Å²) in [7, 11) is -7.40. The van der Waals surface area contributed by atoms with Crippen molar-refractivity contribution in [2.45, 2.75) is 24.8 Å². The Bertz CT molecular complexity index is 1080. The lowest BCUT2D eigenvalue weighted by Gasteiger charge is -2.16. The largest absolute Gasteiger partial charge is 0.325 e. The Hall–Kier alpha value is -2.14. The Morgan fingerprint density at radius 2 is 1.64 bits per heavy atom. The molecule has 0 saturated heterocycles. The van der Waals surface area contributed by atoms with Crippen LogP contribution in [0.1, 0.15) is 12.5 Å². The first-order chi connectivity index (χ1) is 12.9. The summed E-state index contributed by atoms with van der Waals surface area (Å²) in [6.45, 7) is 3.11. The van der Waals surface area contributed by atoms with Crippen LogP contribution in [0.2, 0.25) is 5.02 Å². The molecule has 0 fully saturated rings. The summed E-state index contributed by atoms with van der Waals surface area (Å²) in [6, 6.07) is 9.12. The van der Waals surface area contributed by atoms with Crippen molar-refractivity contribution in [1.29, 1.82) is 0 Å². The number of rotatable bonds is 7. The number of hydrogen-bond acceptors (Lipinski definition) is 5. The summed E-state index contributed by atoms with van der Waals surface area (Å²) < 4.78 is 52.2. The molecule has 0 spiro atoms. The van der Waals surface area contributed by atoms with E-state index >= 15 is 0 Å². The molecular weight excluding hydrogens is 426 g/mol. The summed E-state index contributed by atoms with van der Waals surface area (Å²) >= 11 is 5.75. The molecule has 8 nitrogen and oxygen atoms in total. The first-order valence-corrected chi connectivity index (χ1v) is 11.8. The Labute approximate surface area is 169 Å². The zero-order chi connectivity index (χ0) is 21.1. The van der Waals surface area contributed by atoms with Gasteiger partial charge in [0.05, 0.1) is 22.9 Å². The molecule has 0 unspecified atom stereocenters. The summed E-state index contributed by atoms with van der Waals surface area (Å²) in [5.74, 6) is -0.605. The molecule has 2 rings (SSSR count). The van der Waals surface area contributed by atoms with Crippen molar-refractivity contribution in [2.24, 2.45) is 0 Å². The molecule has 0 saturated carbocycles. The third-order valence-corrected chi connectivity index (χ3v) is 6.05. The van der Waals surface area contributed by atoms with Gasteiger partial charge in [-0.15, -0.1) is 0 Å². The van der Waals surface area contributed by atoms with Gasteiger partial charge in [-0.05, 0) is 55.8 Å². The van der Waals surface area contributed by atoms with Crippen LogP contribution in [0, 0.1) is 6.92 Å². The predicted octanol–water partition coefficient (Wildman–Crippen LogP) is 2.33. The number of anilines is 2. The van der Waals surface area contributed by atoms with E-state index in [2.05, 4.69) is 14.8 Å². The van der Waals surface area contributed by atoms with E-state index in [9.17, 15) is 21.6 Å². The van der Waals surface area contributed by atoms with E-state index in [-0.39, 0.29) is 4.90 Å². The van der Waals surface area contributed by atoms with Crippen molar-refractivity contribution in [3.05, 3.63) is 53.1 Å². The lowest BCUT2D eigenvalue weighted by molar-refractivity contribution is -0.117. The highest BCUT2D eigenvalue weighted by atomic mass is 35.5. The summed E-state index contributed by atoms with van der Waals surface area (Å²) in [6.07, 6.45) is 1.02. The molecule has 0 aromatic heterocycles. The van der Waals surface area contributed by atoms with Crippen molar-refractivity contribution in [2.75, 3.05) is 16.3 Å². The Morgan fingerprint density at radius 1 is 1.04 bits per heavy atom. The van der Waals surface area contributed by atoms with Gasteiger partial charge in [-0.2, -0.15) is 4.72 Å².